The lowest BCUT2D eigenvalue weighted by Crippen LogP contribution is -2.49. The number of rotatable bonds is 2. The van der Waals surface area contributed by atoms with Gasteiger partial charge in [0.15, 0.2) is 0 Å². The Morgan fingerprint density at radius 1 is 1.48 bits per heavy atom. The maximum atomic E-state index is 12.7. The predicted octanol–water partition coefficient (Wildman–Crippen LogP) is 3.15. The van der Waals surface area contributed by atoms with E-state index in [4.69, 9.17) is 11.6 Å². The molecule has 3 unspecified atom stereocenters. The van der Waals surface area contributed by atoms with Crippen LogP contribution in [0.25, 0.3) is 0 Å². The topological polar surface area (TPSA) is 76.3 Å². The number of piperidine rings is 1. The van der Waals surface area contributed by atoms with E-state index in [1.807, 2.05) is 6.92 Å². The Balaban J connectivity index is 2.39. The van der Waals surface area contributed by atoms with Gasteiger partial charge in [0.1, 0.15) is 16.9 Å². The van der Waals surface area contributed by atoms with Crippen molar-refractivity contribution in [1.82, 2.24) is 9.88 Å². The summed E-state index contributed by atoms with van der Waals surface area (Å²) in [5.74, 6) is 0.377. The Labute approximate surface area is 128 Å². The fourth-order valence-electron chi connectivity index (χ4n) is 2.88. The average molecular weight is 312 g/mol. The minimum Gasteiger partial charge on any atom is -0.335 e. The molecule has 0 saturated carbocycles. The van der Waals surface area contributed by atoms with Crippen LogP contribution in [0.2, 0.25) is 5.15 Å². The van der Waals surface area contributed by atoms with Crippen molar-refractivity contribution in [3.05, 3.63) is 33.1 Å². The molecule has 0 N–H and O–H groups in total. The van der Waals surface area contributed by atoms with Crippen molar-refractivity contribution in [2.45, 2.75) is 33.2 Å². The van der Waals surface area contributed by atoms with Crippen LogP contribution in [0.15, 0.2) is 12.3 Å². The fourth-order valence-corrected chi connectivity index (χ4v) is 3.04. The van der Waals surface area contributed by atoms with Crippen molar-refractivity contribution < 1.29 is 9.72 Å². The highest BCUT2D eigenvalue weighted by Gasteiger charge is 2.35. The average Bonchev–Trinajstić information content (AvgIpc) is 2.41. The Kier molecular flexibility index (Phi) is 4.46. The Bertz CT molecular complexity index is 579. The maximum Gasteiger partial charge on any atom is 0.300 e. The lowest BCUT2D eigenvalue weighted by molar-refractivity contribution is -0.385. The van der Waals surface area contributed by atoms with Crippen molar-refractivity contribution in [2.75, 3.05) is 6.54 Å². The highest BCUT2D eigenvalue weighted by atomic mass is 35.5. The van der Waals surface area contributed by atoms with Gasteiger partial charge in [-0.3, -0.25) is 14.9 Å². The van der Waals surface area contributed by atoms with Gasteiger partial charge in [-0.2, -0.15) is 0 Å². The van der Waals surface area contributed by atoms with Gasteiger partial charge in [0.05, 0.1) is 4.92 Å². The molecule has 6 nitrogen and oxygen atoms in total. The second-order valence-corrected chi connectivity index (χ2v) is 6.18. The first-order valence-corrected chi connectivity index (χ1v) is 7.30. The van der Waals surface area contributed by atoms with Crippen LogP contribution in [-0.2, 0) is 0 Å². The molecule has 0 bridgehead atoms. The molecule has 0 spiro atoms. The highest BCUT2D eigenvalue weighted by Crippen LogP contribution is 2.30. The van der Waals surface area contributed by atoms with Crippen molar-refractivity contribution >= 4 is 23.2 Å². The van der Waals surface area contributed by atoms with Crippen molar-refractivity contribution in [3.8, 4) is 0 Å². The molecule has 7 heteroatoms. The Hall–Kier alpha value is -1.69. The van der Waals surface area contributed by atoms with E-state index in [0.717, 1.165) is 12.6 Å². The fraction of sp³-hybridized carbons (Fsp3) is 0.571. The minimum absolute atomic E-state index is 0.00755. The number of likely N-dealkylation sites (tertiary alicyclic amines) is 1. The quantitative estimate of drug-likeness (QED) is 0.477. The van der Waals surface area contributed by atoms with Gasteiger partial charge < -0.3 is 4.90 Å². The van der Waals surface area contributed by atoms with Crippen LogP contribution in [0.4, 0.5) is 5.69 Å². The first-order chi connectivity index (χ1) is 9.81. The summed E-state index contributed by atoms with van der Waals surface area (Å²) in [7, 11) is 0. The molecule has 2 rings (SSSR count). The van der Waals surface area contributed by atoms with E-state index in [9.17, 15) is 14.9 Å². The second-order valence-electron chi connectivity index (χ2n) is 5.80. The SMILES string of the molecule is CC1CC(C)C(C)N(C(=O)c2cc(Cl)ncc2[N+](=O)[O-])C1. The maximum absolute atomic E-state index is 12.7. The van der Waals surface area contributed by atoms with Crippen LogP contribution in [0, 0.1) is 22.0 Å². The number of hydrogen-bond donors (Lipinski definition) is 0. The molecule has 0 radical (unpaired) electrons. The molecule has 1 amide bonds. The third kappa shape index (κ3) is 3.15. The Morgan fingerprint density at radius 3 is 2.76 bits per heavy atom. The van der Waals surface area contributed by atoms with Crippen molar-refractivity contribution in [2.24, 2.45) is 11.8 Å². The summed E-state index contributed by atoms with van der Waals surface area (Å²) in [5, 5.41) is 11.2. The Morgan fingerprint density at radius 2 is 2.14 bits per heavy atom. The summed E-state index contributed by atoms with van der Waals surface area (Å²) in [6.07, 6.45) is 2.08. The van der Waals surface area contributed by atoms with E-state index in [1.54, 1.807) is 4.90 Å². The van der Waals surface area contributed by atoms with E-state index in [0.29, 0.717) is 18.4 Å². The summed E-state index contributed by atoms with van der Waals surface area (Å²) in [5.41, 5.74) is -0.296. The minimum atomic E-state index is -0.599. The number of nitro groups is 1. The summed E-state index contributed by atoms with van der Waals surface area (Å²) >= 11 is 5.79. The monoisotopic (exact) mass is 311 g/mol. The van der Waals surface area contributed by atoms with Gasteiger partial charge >= 0.3 is 0 Å². The molecule has 1 fully saturated rings. The van der Waals surface area contributed by atoms with Crippen LogP contribution in [0.5, 0.6) is 0 Å². The second kappa shape index (κ2) is 5.97. The number of amides is 1. The van der Waals surface area contributed by atoms with Gasteiger partial charge in [0.2, 0.25) is 0 Å². The summed E-state index contributed by atoms with van der Waals surface area (Å²) in [6, 6.07) is 1.32. The van der Waals surface area contributed by atoms with Crippen LogP contribution in [0.1, 0.15) is 37.6 Å². The molecule has 114 valence electrons. The molecule has 1 aliphatic heterocycles. The largest absolute Gasteiger partial charge is 0.335 e. The van der Waals surface area contributed by atoms with E-state index >= 15 is 0 Å². The summed E-state index contributed by atoms with van der Waals surface area (Å²) < 4.78 is 0. The van der Waals surface area contributed by atoms with E-state index in [1.165, 1.54) is 6.07 Å². The number of nitrogens with zero attached hydrogens (tertiary/aromatic N) is 3. The first kappa shape index (κ1) is 15.7. The molecule has 0 aromatic carbocycles. The first-order valence-electron chi connectivity index (χ1n) is 6.92. The number of aromatic nitrogens is 1. The molecule has 3 atom stereocenters. The molecular formula is C14H18ClN3O3. The molecule has 21 heavy (non-hydrogen) atoms. The van der Waals surface area contributed by atoms with Gasteiger partial charge in [-0.15, -0.1) is 0 Å². The number of carbonyl (C=O) groups is 1. The summed E-state index contributed by atoms with van der Waals surface area (Å²) in [6.45, 7) is 6.75. The van der Waals surface area contributed by atoms with Gasteiger partial charge in [0, 0.05) is 12.6 Å². The van der Waals surface area contributed by atoms with Gasteiger partial charge in [-0.1, -0.05) is 25.4 Å². The van der Waals surface area contributed by atoms with Crippen LogP contribution < -0.4 is 0 Å². The molecule has 2 heterocycles. The molecule has 1 aliphatic rings. The zero-order valence-corrected chi connectivity index (χ0v) is 13.0. The standard InChI is InChI=1S/C14H18ClN3O3/c1-8-4-9(2)10(3)17(7-8)14(19)11-5-13(15)16-6-12(11)18(20)21/h5-6,8-10H,4,7H2,1-3H3. The number of halogens is 1. The van der Waals surface area contributed by atoms with Gasteiger partial charge in [-0.25, -0.2) is 4.98 Å². The van der Waals surface area contributed by atoms with Crippen molar-refractivity contribution in [3.63, 3.8) is 0 Å². The smallest absolute Gasteiger partial charge is 0.300 e. The third-order valence-corrected chi connectivity index (χ3v) is 4.34. The van der Waals surface area contributed by atoms with Gasteiger partial charge in [0.25, 0.3) is 11.6 Å². The van der Waals surface area contributed by atoms with Crippen LogP contribution in [-0.4, -0.2) is 33.3 Å². The molecule has 1 saturated heterocycles. The van der Waals surface area contributed by atoms with E-state index in [2.05, 4.69) is 18.8 Å². The molecule has 1 aromatic heterocycles. The number of carbonyl (C=O) groups excluding carboxylic acids is 1. The molecule has 0 aliphatic carbocycles. The molecule has 1 aromatic rings. The normalized spacial score (nSPS) is 25.7. The lowest BCUT2D eigenvalue weighted by Gasteiger charge is -2.41. The third-order valence-electron chi connectivity index (χ3n) is 4.14. The highest BCUT2D eigenvalue weighted by molar-refractivity contribution is 6.29. The van der Waals surface area contributed by atoms with E-state index < -0.39 is 4.92 Å². The molecular weight excluding hydrogens is 294 g/mol. The predicted molar refractivity (Wildman–Crippen MR) is 79.3 cm³/mol. The zero-order valence-electron chi connectivity index (χ0n) is 12.2. The van der Waals surface area contributed by atoms with Crippen molar-refractivity contribution in [1.29, 1.82) is 0 Å². The van der Waals surface area contributed by atoms with Crippen LogP contribution >= 0.6 is 11.6 Å². The van der Waals surface area contributed by atoms with Gasteiger partial charge in [-0.05, 0) is 31.2 Å². The zero-order chi connectivity index (χ0) is 15.7. The summed E-state index contributed by atoms with van der Waals surface area (Å²) in [4.78, 5) is 28.6. The lowest BCUT2D eigenvalue weighted by atomic mass is 9.85. The number of pyridine rings is 1. The number of hydrogen-bond acceptors (Lipinski definition) is 4. The van der Waals surface area contributed by atoms with Crippen LogP contribution in [0.3, 0.4) is 0 Å². The van der Waals surface area contributed by atoms with E-state index in [-0.39, 0.29) is 28.4 Å².